The molecule has 1 atom stereocenters. The zero-order valence-electron chi connectivity index (χ0n) is 9.60. The van der Waals surface area contributed by atoms with E-state index in [1.54, 1.807) is 23.9 Å². The fourth-order valence-electron chi connectivity index (χ4n) is 1.13. The molecule has 1 N–H and O–H groups in total. The van der Waals surface area contributed by atoms with Crippen molar-refractivity contribution in [2.75, 3.05) is 12.8 Å². The van der Waals surface area contributed by atoms with E-state index in [-0.39, 0.29) is 6.09 Å². The Bertz CT molecular complexity index is 316. The van der Waals surface area contributed by atoms with Crippen LogP contribution < -0.4 is 10.1 Å². The first kappa shape index (κ1) is 12.9. The largest absolute Gasteiger partial charge is 0.412 e. The predicted octanol–water partition coefficient (Wildman–Crippen LogP) is 2.92. The number of carbonyl (C=O) groups excluding carboxylic acids is 1. The highest BCUT2D eigenvalue weighted by molar-refractivity contribution is 7.99. The van der Waals surface area contributed by atoms with Gasteiger partial charge in [0.05, 0.1) is 0 Å². The highest BCUT2D eigenvalue weighted by Gasteiger charge is 2.04. The fraction of sp³-hybridized carbons (Fsp3) is 0.417. The minimum atomic E-state index is -0.389. The lowest BCUT2D eigenvalue weighted by Crippen LogP contribution is -2.28. The number of hydrogen-bond acceptors (Lipinski definition) is 3. The van der Waals surface area contributed by atoms with Crippen LogP contribution in [0.15, 0.2) is 30.3 Å². The van der Waals surface area contributed by atoms with E-state index in [1.807, 2.05) is 18.2 Å². The summed E-state index contributed by atoms with van der Waals surface area (Å²) in [6, 6.07) is 9.05. The van der Waals surface area contributed by atoms with Crippen LogP contribution in [0.3, 0.4) is 0 Å². The maximum absolute atomic E-state index is 11.3. The number of ether oxygens (including phenoxy) is 1. The van der Waals surface area contributed by atoms with Crippen molar-refractivity contribution in [3.63, 3.8) is 0 Å². The molecular formula is C12H17NO2S. The Morgan fingerprint density at radius 3 is 2.75 bits per heavy atom. The topological polar surface area (TPSA) is 38.3 Å². The number of hydrogen-bond donors (Lipinski definition) is 1. The summed E-state index contributed by atoms with van der Waals surface area (Å²) in [5.74, 6) is 0.568. The third-order valence-corrected chi connectivity index (χ3v) is 3.22. The Balaban J connectivity index is 2.21. The first-order chi connectivity index (χ1) is 7.72. The minimum Gasteiger partial charge on any atom is -0.410 e. The molecule has 0 aliphatic carbocycles. The second-order valence-corrected chi connectivity index (χ2v) is 4.74. The lowest BCUT2D eigenvalue weighted by Gasteiger charge is -2.09. The van der Waals surface area contributed by atoms with Gasteiger partial charge in [0.1, 0.15) is 5.75 Å². The average molecular weight is 239 g/mol. The Hall–Kier alpha value is -1.16. The van der Waals surface area contributed by atoms with Crippen molar-refractivity contribution in [3.8, 4) is 5.75 Å². The van der Waals surface area contributed by atoms with Gasteiger partial charge in [0.15, 0.2) is 0 Å². The molecule has 0 aliphatic heterocycles. The quantitative estimate of drug-likeness (QED) is 0.858. The summed E-state index contributed by atoms with van der Waals surface area (Å²) in [7, 11) is 0. The molecule has 0 bridgehead atoms. The number of carbonyl (C=O) groups is 1. The molecule has 1 rings (SSSR count). The summed E-state index contributed by atoms with van der Waals surface area (Å²) in [6.45, 7) is 2.78. The fourth-order valence-corrected chi connectivity index (χ4v) is 1.48. The van der Waals surface area contributed by atoms with Crippen LogP contribution in [0.4, 0.5) is 4.79 Å². The molecule has 0 heterocycles. The van der Waals surface area contributed by atoms with Gasteiger partial charge in [0.2, 0.25) is 0 Å². The third-order valence-electron chi connectivity index (χ3n) is 2.18. The molecule has 0 aromatic heterocycles. The SMILES string of the molecule is CSC(C)CCNC(=O)Oc1ccccc1. The molecule has 3 nitrogen and oxygen atoms in total. The van der Waals surface area contributed by atoms with Crippen LogP contribution >= 0.6 is 11.8 Å². The van der Waals surface area contributed by atoms with Crippen molar-refractivity contribution in [1.82, 2.24) is 5.32 Å². The molecule has 0 saturated carbocycles. The summed E-state index contributed by atoms with van der Waals surface area (Å²) >= 11 is 1.79. The summed E-state index contributed by atoms with van der Waals surface area (Å²) in [6.07, 6.45) is 2.62. The van der Waals surface area contributed by atoms with E-state index in [0.29, 0.717) is 17.5 Å². The molecule has 0 radical (unpaired) electrons. The van der Waals surface area contributed by atoms with Crippen LogP contribution in [0, 0.1) is 0 Å². The molecule has 0 saturated heterocycles. The van der Waals surface area contributed by atoms with Gasteiger partial charge >= 0.3 is 6.09 Å². The number of benzene rings is 1. The first-order valence-electron chi connectivity index (χ1n) is 5.26. The number of rotatable bonds is 5. The van der Waals surface area contributed by atoms with Crippen molar-refractivity contribution in [2.24, 2.45) is 0 Å². The normalized spacial score (nSPS) is 11.9. The Morgan fingerprint density at radius 2 is 2.12 bits per heavy atom. The van der Waals surface area contributed by atoms with Gasteiger partial charge in [-0.2, -0.15) is 11.8 Å². The minimum absolute atomic E-state index is 0.389. The molecule has 1 amide bonds. The molecular weight excluding hydrogens is 222 g/mol. The van der Waals surface area contributed by atoms with Crippen molar-refractivity contribution in [1.29, 1.82) is 0 Å². The van der Waals surface area contributed by atoms with Crippen LogP contribution in [0.5, 0.6) is 5.75 Å². The zero-order valence-corrected chi connectivity index (χ0v) is 10.4. The Morgan fingerprint density at radius 1 is 1.44 bits per heavy atom. The maximum Gasteiger partial charge on any atom is 0.412 e. The predicted molar refractivity (Wildman–Crippen MR) is 68.1 cm³/mol. The van der Waals surface area contributed by atoms with Crippen molar-refractivity contribution >= 4 is 17.9 Å². The van der Waals surface area contributed by atoms with Crippen molar-refractivity contribution < 1.29 is 9.53 Å². The van der Waals surface area contributed by atoms with Gasteiger partial charge in [-0.1, -0.05) is 25.1 Å². The van der Waals surface area contributed by atoms with Gasteiger partial charge in [-0.05, 0) is 24.8 Å². The zero-order chi connectivity index (χ0) is 11.8. The average Bonchev–Trinajstić information content (AvgIpc) is 2.30. The Labute approximate surface area is 101 Å². The van der Waals surface area contributed by atoms with Crippen LogP contribution in [0.2, 0.25) is 0 Å². The molecule has 0 fully saturated rings. The van der Waals surface area contributed by atoms with Crippen LogP contribution in [-0.4, -0.2) is 24.1 Å². The number of amides is 1. The molecule has 1 aromatic rings. The highest BCUT2D eigenvalue weighted by Crippen LogP contribution is 2.09. The lowest BCUT2D eigenvalue weighted by atomic mass is 10.3. The van der Waals surface area contributed by atoms with Gasteiger partial charge in [-0.15, -0.1) is 0 Å². The molecule has 88 valence electrons. The second kappa shape index (κ2) is 7.17. The summed E-state index contributed by atoms with van der Waals surface area (Å²) in [4.78, 5) is 11.3. The highest BCUT2D eigenvalue weighted by atomic mass is 32.2. The van der Waals surface area contributed by atoms with E-state index in [9.17, 15) is 4.79 Å². The van der Waals surface area contributed by atoms with Crippen LogP contribution in [-0.2, 0) is 0 Å². The monoisotopic (exact) mass is 239 g/mol. The van der Waals surface area contributed by atoms with E-state index in [0.717, 1.165) is 6.42 Å². The molecule has 4 heteroatoms. The van der Waals surface area contributed by atoms with Gasteiger partial charge < -0.3 is 10.1 Å². The van der Waals surface area contributed by atoms with Crippen LogP contribution in [0.1, 0.15) is 13.3 Å². The molecule has 1 aromatic carbocycles. The van der Waals surface area contributed by atoms with Gasteiger partial charge in [-0.3, -0.25) is 0 Å². The summed E-state index contributed by atoms with van der Waals surface area (Å²) in [5.41, 5.74) is 0. The molecule has 0 aliphatic rings. The van der Waals surface area contributed by atoms with Crippen LogP contribution in [0.25, 0.3) is 0 Å². The van der Waals surface area contributed by atoms with Crippen molar-refractivity contribution in [3.05, 3.63) is 30.3 Å². The summed E-state index contributed by atoms with van der Waals surface area (Å²) < 4.78 is 5.07. The lowest BCUT2D eigenvalue weighted by molar-refractivity contribution is 0.200. The smallest absolute Gasteiger partial charge is 0.410 e. The van der Waals surface area contributed by atoms with E-state index in [4.69, 9.17) is 4.74 Å². The maximum atomic E-state index is 11.3. The number of nitrogens with one attached hydrogen (secondary N) is 1. The van der Waals surface area contributed by atoms with E-state index in [2.05, 4.69) is 18.5 Å². The van der Waals surface area contributed by atoms with Crippen molar-refractivity contribution in [2.45, 2.75) is 18.6 Å². The molecule has 1 unspecified atom stereocenters. The Kier molecular flexibility index (Phi) is 5.78. The standard InChI is InChI=1S/C12H17NO2S/c1-10(16-2)8-9-13-12(14)15-11-6-4-3-5-7-11/h3-7,10H,8-9H2,1-2H3,(H,13,14). The second-order valence-electron chi connectivity index (χ2n) is 3.46. The number of thioether (sulfide) groups is 1. The number of para-hydroxylation sites is 1. The third kappa shape index (κ3) is 5.07. The van der Waals surface area contributed by atoms with E-state index < -0.39 is 0 Å². The van der Waals surface area contributed by atoms with Gasteiger partial charge in [-0.25, -0.2) is 4.79 Å². The van der Waals surface area contributed by atoms with Gasteiger partial charge in [0.25, 0.3) is 0 Å². The molecule has 0 spiro atoms. The van der Waals surface area contributed by atoms with E-state index >= 15 is 0 Å². The molecule has 16 heavy (non-hydrogen) atoms. The van der Waals surface area contributed by atoms with Gasteiger partial charge in [0, 0.05) is 11.8 Å². The van der Waals surface area contributed by atoms with E-state index in [1.165, 1.54) is 0 Å². The first-order valence-corrected chi connectivity index (χ1v) is 6.54. The summed E-state index contributed by atoms with van der Waals surface area (Å²) in [5, 5.41) is 3.27.